The van der Waals surface area contributed by atoms with Crippen molar-refractivity contribution in [3.8, 4) is 0 Å². The van der Waals surface area contributed by atoms with Gasteiger partial charge in [0.15, 0.2) is 0 Å². The zero-order valence-corrected chi connectivity index (χ0v) is 12.9. The quantitative estimate of drug-likeness (QED) is 0.748. The summed E-state index contributed by atoms with van der Waals surface area (Å²) in [5.41, 5.74) is 2.45. The van der Waals surface area contributed by atoms with Crippen molar-refractivity contribution < 1.29 is 9.90 Å². The standard InChI is InChI=1S/C16H14ClN3O2/c1-9(11-6-4-3-5-7-11)20-10(2)13(15(21)22)12-8-18-16(17)19-14(12)20/h3-9H,1-2H3,(H,21,22). The Labute approximate surface area is 132 Å². The van der Waals surface area contributed by atoms with E-state index in [4.69, 9.17) is 11.6 Å². The number of carboxylic acid groups (broad SMARTS) is 1. The second-order valence-electron chi connectivity index (χ2n) is 5.10. The van der Waals surface area contributed by atoms with Gasteiger partial charge in [-0.2, -0.15) is 4.98 Å². The van der Waals surface area contributed by atoms with Crippen molar-refractivity contribution in [2.45, 2.75) is 19.9 Å². The average molecular weight is 316 g/mol. The number of rotatable bonds is 3. The molecule has 0 aliphatic rings. The summed E-state index contributed by atoms with van der Waals surface area (Å²) in [5, 5.41) is 10.1. The van der Waals surface area contributed by atoms with E-state index < -0.39 is 5.97 Å². The molecule has 5 nitrogen and oxygen atoms in total. The van der Waals surface area contributed by atoms with Gasteiger partial charge in [-0.3, -0.25) is 0 Å². The van der Waals surface area contributed by atoms with Crippen molar-refractivity contribution >= 4 is 28.6 Å². The lowest BCUT2D eigenvalue weighted by atomic mass is 10.1. The fourth-order valence-corrected chi connectivity index (χ4v) is 2.94. The Balaban J connectivity index is 2.31. The van der Waals surface area contributed by atoms with Crippen molar-refractivity contribution in [1.29, 1.82) is 0 Å². The highest BCUT2D eigenvalue weighted by atomic mass is 35.5. The molecule has 0 bridgehead atoms. The first-order valence-corrected chi connectivity index (χ1v) is 7.19. The van der Waals surface area contributed by atoms with E-state index in [1.54, 1.807) is 6.92 Å². The molecule has 0 amide bonds. The average Bonchev–Trinajstić information content (AvgIpc) is 2.78. The molecular weight excluding hydrogens is 302 g/mol. The molecule has 0 spiro atoms. The number of hydrogen-bond donors (Lipinski definition) is 1. The molecule has 112 valence electrons. The summed E-state index contributed by atoms with van der Waals surface area (Å²) in [6.07, 6.45) is 1.47. The van der Waals surface area contributed by atoms with Crippen molar-refractivity contribution in [2.24, 2.45) is 0 Å². The first kappa shape index (κ1) is 14.5. The highest BCUT2D eigenvalue weighted by Crippen LogP contribution is 2.30. The van der Waals surface area contributed by atoms with Crippen LogP contribution in [0.15, 0.2) is 36.5 Å². The maximum absolute atomic E-state index is 11.6. The minimum absolute atomic E-state index is 0.0669. The van der Waals surface area contributed by atoms with Gasteiger partial charge in [0.05, 0.1) is 17.0 Å². The van der Waals surface area contributed by atoms with Gasteiger partial charge in [0.25, 0.3) is 0 Å². The number of benzene rings is 1. The molecule has 0 aliphatic carbocycles. The van der Waals surface area contributed by atoms with Gasteiger partial charge in [-0.15, -0.1) is 0 Å². The van der Waals surface area contributed by atoms with Gasteiger partial charge >= 0.3 is 5.97 Å². The SMILES string of the molecule is Cc1c(C(=O)O)c2cnc(Cl)nc2n1C(C)c1ccccc1. The zero-order valence-electron chi connectivity index (χ0n) is 12.1. The third-order valence-corrected chi connectivity index (χ3v) is 4.03. The first-order valence-electron chi connectivity index (χ1n) is 6.82. The van der Waals surface area contributed by atoms with Gasteiger partial charge in [0, 0.05) is 11.9 Å². The van der Waals surface area contributed by atoms with E-state index in [1.165, 1.54) is 6.20 Å². The molecule has 3 aromatic rings. The molecule has 0 radical (unpaired) electrons. The van der Waals surface area contributed by atoms with E-state index in [0.717, 1.165) is 5.56 Å². The number of aromatic carboxylic acids is 1. The normalized spacial score (nSPS) is 12.5. The fraction of sp³-hybridized carbons (Fsp3) is 0.188. The number of carbonyl (C=O) groups is 1. The zero-order chi connectivity index (χ0) is 15.9. The molecule has 1 N–H and O–H groups in total. The van der Waals surface area contributed by atoms with Crippen LogP contribution in [0.1, 0.15) is 34.6 Å². The summed E-state index contributed by atoms with van der Waals surface area (Å²) in [4.78, 5) is 19.7. The minimum Gasteiger partial charge on any atom is -0.478 e. The summed E-state index contributed by atoms with van der Waals surface area (Å²) in [7, 11) is 0. The first-order chi connectivity index (χ1) is 10.5. The summed E-state index contributed by atoms with van der Waals surface area (Å²) < 4.78 is 1.89. The van der Waals surface area contributed by atoms with E-state index in [0.29, 0.717) is 16.7 Å². The minimum atomic E-state index is -0.993. The summed E-state index contributed by atoms with van der Waals surface area (Å²) in [5.74, 6) is -0.993. The van der Waals surface area contributed by atoms with Crippen LogP contribution in [-0.2, 0) is 0 Å². The highest BCUT2D eigenvalue weighted by molar-refractivity contribution is 6.28. The summed E-state index contributed by atoms with van der Waals surface area (Å²) >= 11 is 5.90. The molecule has 0 saturated heterocycles. The van der Waals surface area contributed by atoms with E-state index in [-0.39, 0.29) is 16.9 Å². The second kappa shape index (κ2) is 5.42. The van der Waals surface area contributed by atoms with E-state index in [9.17, 15) is 9.90 Å². The molecular formula is C16H14ClN3O2. The Kier molecular flexibility index (Phi) is 3.58. The molecule has 1 unspecified atom stereocenters. The van der Waals surface area contributed by atoms with Crippen molar-refractivity contribution in [3.05, 3.63) is 58.6 Å². The Bertz CT molecular complexity index is 859. The van der Waals surface area contributed by atoms with Gasteiger partial charge in [0.2, 0.25) is 5.28 Å². The van der Waals surface area contributed by atoms with Gasteiger partial charge in [-0.1, -0.05) is 30.3 Å². The lowest BCUT2D eigenvalue weighted by molar-refractivity contribution is 0.0698. The lowest BCUT2D eigenvalue weighted by Gasteiger charge is -2.17. The number of fused-ring (bicyclic) bond motifs is 1. The third-order valence-electron chi connectivity index (χ3n) is 3.84. The number of halogens is 1. The van der Waals surface area contributed by atoms with Crippen LogP contribution in [0.5, 0.6) is 0 Å². The number of hydrogen-bond acceptors (Lipinski definition) is 3. The van der Waals surface area contributed by atoms with Crippen LogP contribution >= 0.6 is 11.6 Å². The molecule has 2 aromatic heterocycles. The molecule has 0 fully saturated rings. The molecule has 0 saturated carbocycles. The fourth-order valence-electron chi connectivity index (χ4n) is 2.81. The molecule has 0 aliphatic heterocycles. The van der Waals surface area contributed by atoms with Gasteiger partial charge in [-0.05, 0) is 31.0 Å². The molecule has 22 heavy (non-hydrogen) atoms. The maximum Gasteiger partial charge on any atom is 0.338 e. The van der Waals surface area contributed by atoms with Gasteiger partial charge < -0.3 is 9.67 Å². The predicted octanol–water partition coefficient (Wildman–Crippen LogP) is 3.70. The molecule has 6 heteroatoms. The van der Waals surface area contributed by atoms with Crippen molar-refractivity contribution in [1.82, 2.24) is 14.5 Å². The number of aromatic nitrogens is 3. The van der Waals surface area contributed by atoms with Crippen molar-refractivity contribution in [2.75, 3.05) is 0 Å². The van der Waals surface area contributed by atoms with E-state index >= 15 is 0 Å². The van der Waals surface area contributed by atoms with E-state index in [2.05, 4.69) is 9.97 Å². The Morgan fingerprint density at radius 2 is 2.00 bits per heavy atom. The van der Waals surface area contributed by atoms with Crippen LogP contribution in [0.3, 0.4) is 0 Å². The van der Waals surface area contributed by atoms with Crippen LogP contribution in [-0.4, -0.2) is 25.6 Å². The maximum atomic E-state index is 11.6. The third kappa shape index (κ3) is 2.23. The molecule has 1 aromatic carbocycles. The molecule has 1 atom stereocenters. The monoisotopic (exact) mass is 315 g/mol. The second-order valence-corrected chi connectivity index (χ2v) is 5.44. The molecule has 2 heterocycles. The lowest BCUT2D eigenvalue weighted by Crippen LogP contribution is -2.10. The van der Waals surface area contributed by atoms with Crippen LogP contribution in [0.2, 0.25) is 5.28 Å². The van der Waals surface area contributed by atoms with Gasteiger partial charge in [0.1, 0.15) is 5.65 Å². The van der Waals surface area contributed by atoms with Gasteiger partial charge in [-0.25, -0.2) is 9.78 Å². The van der Waals surface area contributed by atoms with Crippen LogP contribution in [0.4, 0.5) is 0 Å². The number of carboxylic acids is 1. The number of nitrogens with zero attached hydrogens (tertiary/aromatic N) is 3. The summed E-state index contributed by atoms with van der Waals surface area (Å²) in [6.45, 7) is 3.78. The van der Waals surface area contributed by atoms with Crippen LogP contribution in [0.25, 0.3) is 11.0 Å². The van der Waals surface area contributed by atoms with Crippen molar-refractivity contribution in [3.63, 3.8) is 0 Å². The highest BCUT2D eigenvalue weighted by Gasteiger charge is 2.24. The predicted molar refractivity (Wildman–Crippen MR) is 84.5 cm³/mol. The Hall–Kier alpha value is -2.40. The van der Waals surface area contributed by atoms with E-state index in [1.807, 2.05) is 41.8 Å². The summed E-state index contributed by atoms with van der Waals surface area (Å²) in [6, 6.07) is 9.78. The Morgan fingerprint density at radius 1 is 1.32 bits per heavy atom. The van der Waals surface area contributed by atoms with Crippen LogP contribution in [0, 0.1) is 6.92 Å². The Morgan fingerprint density at radius 3 is 2.64 bits per heavy atom. The van der Waals surface area contributed by atoms with Crippen LogP contribution < -0.4 is 0 Å². The largest absolute Gasteiger partial charge is 0.478 e. The molecule has 3 rings (SSSR count). The topological polar surface area (TPSA) is 68.0 Å². The smallest absolute Gasteiger partial charge is 0.338 e.